The van der Waals surface area contributed by atoms with Crippen molar-refractivity contribution in [1.29, 1.82) is 0 Å². The molecule has 0 aromatic carbocycles. The molecule has 31 heavy (non-hydrogen) atoms. The van der Waals surface area contributed by atoms with Gasteiger partial charge in [0.25, 0.3) is 5.56 Å². The lowest BCUT2D eigenvalue weighted by atomic mass is 9.97. The van der Waals surface area contributed by atoms with Crippen LogP contribution in [0.4, 0.5) is 5.13 Å². The highest BCUT2D eigenvalue weighted by molar-refractivity contribution is 7.22. The van der Waals surface area contributed by atoms with Gasteiger partial charge in [-0.05, 0) is 31.9 Å². The van der Waals surface area contributed by atoms with Crippen molar-refractivity contribution < 1.29 is 14.0 Å². The van der Waals surface area contributed by atoms with Gasteiger partial charge in [-0.15, -0.1) is 0 Å². The SMILES string of the molecule is CCNC(=O)[C@@H]1CCCN(c2nc3ncn(CC(=O)NCc4ccco4)c(=O)c3s2)C1. The Bertz CT molecular complexity index is 1120. The van der Waals surface area contributed by atoms with E-state index in [1.165, 1.54) is 28.5 Å². The second kappa shape index (κ2) is 9.29. The molecule has 1 saturated heterocycles. The summed E-state index contributed by atoms with van der Waals surface area (Å²) in [7, 11) is 0. The summed E-state index contributed by atoms with van der Waals surface area (Å²) < 4.78 is 6.85. The van der Waals surface area contributed by atoms with Crippen molar-refractivity contribution in [2.75, 3.05) is 24.5 Å². The fourth-order valence-electron chi connectivity index (χ4n) is 3.58. The number of nitrogens with zero attached hydrogens (tertiary/aromatic N) is 4. The molecule has 1 atom stereocenters. The first-order valence-corrected chi connectivity index (χ1v) is 11.0. The van der Waals surface area contributed by atoms with Crippen LogP contribution in [0.25, 0.3) is 10.3 Å². The molecule has 1 aliphatic rings. The predicted octanol–water partition coefficient (Wildman–Crippen LogP) is 1.11. The average Bonchev–Trinajstić information content (AvgIpc) is 3.45. The number of carbonyl (C=O) groups is 2. The van der Waals surface area contributed by atoms with Gasteiger partial charge in [-0.3, -0.25) is 19.0 Å². The minimum atomic E-state index is -0.315. The summed E-state index contributed by atoms with van der Waals surface area (Å²) in [6, 6.07) is 3.50. The monoisotopic (exact) mass is 444 g/mol. The van der Waals surface area contributed by atoms with Crippen molar-refractivity contribution in [1.82, 2.24) is 25.2 Å². The summed E-state index contributed by atoms with van der Waals surface area (Å²) in [6.45, 7) is 3.96. The van der Waals surface area contributed by atoms with Crippen LogP contribution in [0.15, 0.2) is 33.9 Å². The molecule has 4 heterocycles. The molecule has 2 N–H and O–H groups in total. The Morgan fingerprint density at radius 1 is 1.35 bits per heavy atom. The fraction of sp³-hybridized carbons (Fsp3) is 0.450. The highest BCUT2D eigenvalue weighted by Gasteiger charge is 2.27. The first-order chi connectivity index (χ1) is 15.0. The van der Waals surface area contributed by atoms with Gasteiger partial charge >= 0.3 is 0 Å². The van der Waals surface area contributed by atoms with Crippen molar-refractivity contribution in [2.45, 2.75) is 32.9 Å². The predicted molar refractivity (Wildman–Crippen MR) is 116 cm³/mol. The Hall–Kier alpha value is -3.21. The number of aromatic nitrogens is 3. The first-order valence-electron chi connectivity index (χ1n) is 10.2. The van der Waals surface area contributed by atoms with E-state index in [1.807, 2.05) is 11.8 Å². The highest BCUT2D eigenvalue weighted by Crippen LogP contribution is 2.29. The summed E-state index contributed by atoms with van der Waals surface area (Å²) in [5.74, 6) is 0.275. The normalized spacial score (nSPS) is 16.4. The molecule has 0 spiro atoms. The molecular formula is C20H24N6O4S. The quantitative estimate of drug-likeness (QED) is 0.560. The van der Waals surface area contributed by atoms with E-state index >= 15 is 0 Å². The molecule has 164 valence electrons. The van der Waals surface area contributed by atoms with Crippen LogP contribution >= 0.6 is 11.3 Å². The standard InChI is InChI=1S/C20H24N6O4S/c1-2-21-18(28)13-5-3-7-25(10-13)20-24-17-16(31-20)19(29)26(12-23-17)11-15(27)22-9-14-6-4-8-30-14/h4,6,8,12-13H,2-3,5,7,9-11H2,1H3,(H,21,28)(H,22,27)/t13-/m1/s1. The van der Waals surface area contributed by atoms with Gasteiger partial charge in [0.2, 0.25) is 11.8 Å². The number of rotatable bonds is 7. The van der Waals surface area contributed by atoms with Gasteiger partial charge < -0.3 is 20.0 Å². The molecule has 4 rings (SSSR count). The number of nitrogens with one attached hydrogen (secondary N) is 2. The molecule has 11 heteroatoms. The zero-order valence-electron chi connectivity index (χ0n) is 17.2. The van der Waals surface area contributed by atoms with Crippen LogP contribution in [0.1, 0.15) is 25.5 Å². The van der Waals surface area contributed by atoms with Crippen molar-refractivity contribution in [3.8, 4) is 0 Å². The van der Waals surface area contributed by atoms with E-state index in [2.05, 4.69) is 20.6 Å². The van der Waals surface area contributed by atoms with Gasteiger partial charge in [-0.2, -0.15) is 4.98 Å². The maximum Gasteiger partial charge on any atom is 0.273 e. The van der Waals surface area contributed by atoms with E-state index in [-0.39, 0.29) is 36.4 Å². The van der Waals surface area contributed by atoms with Crippen LogP contribution in [-0.2, 0) is 22.7 Å². The lowest BCUT2D eigenvalue weighted by molar-refractivity contribution is -0.125. The molecule has 3 aromatic heterocycles. The molecule has 3 aromatic rings. The van der Waals surface area contributed by atoms with E-state index in [9.17, 15) is 14.4 Å². The van der Waals surface area contributed by atoms with E-state index in [1.54, 1.807) is 12.1 Å². The van der Waals surface area contributed by atoms with Crippen molar-refractivity contribution in [2.24, 2.45) is 5.92 Å². The van der Waals surface area contributed by atoms with Crippen molar-refractivity contribution in [3.05, 3.63) is 40.8 Å². The summed E-state index contributed by atoms with van der Waals surface area (Å²) in [5, 5.41) is 6.26. The summed E-state index contributed by atoms with van der Waals surface area (Å²) in [4.78, 5) is 48.1. The minimum absolute atomic E-state index is 0.0503. The van der Waals surface area contributed by atoms with E-state index < -0.39 is 0 Å². The number of piperidine rings is 1. The molecule has 1 aliphatic heterocycles. The van der Waals surface area contributed by atoms with Crippen LogP contribution in [-0.4, -0.2) is 46.0 Å². The second-order valence-corrected chi connectivity index (χ2v) is 8.34. The number of fused-ring (bicyclic) bond motifs is 1. The summed E-state index contributed by atoms with van der Waals surface area (Å²) in [5.41, 5.74) is 0.0524. The smallest absolute Gasteiger partial charge is 0.273 e. The molecule has 0 aliphatic carbocycles. The molecule has 1 fully saturated rings. The Morgan fingerprint density at radius 2 is 2.23 bits per heavy atom. The third-order valence-electron chi connectivity index (χ3n) is 5.14. The number of carbonyl (C=O) groups excluding carboxylic acids is 2. The first kappa shape index (κ1) is 21.0. The molecule has 2 amide bonds. The van der Waals surface area contributed by atoms with Gasteiger partial charge in [0.15, 0.2) is 10.8 Å². The largest absolute Gasteiger partial charge is 0.467 e. The van der Waals surface area contributed by atoms with Crippen LogP contribution in [0, 0.1) is 5.92 Å². The number of anilines is 1. The number of hydrogen-bond donors (Lipinski definition) is 2. The van der Waals surface area contributed by atoms with Crippen LogP contribution in [0.5, 0.6) is 0 Å². The minimum Gasteiger partial charge on any atom is -0.467 e. The fourth-order valence-corrected chi connectivity index (χ4v) is 4.58. The van der Waals surface area contributed by atoms with Crippen molar-refractivity contribution >= 4 is 38.6 Å². The van der Waals surface area contributed by atoms with E-state index in [0.29, 0.717) is 34.3 Å². The number of furan rings is 1. The third-order valence-corrected chi connectivity index (χ3v) is 6.23. The van der Waals surface area contributed by atoms with E-state index in [0.717, 1.165) is 19.4 Å². The summed E-state index contributed by atoms with van der Waals surface area (Å²) in [6.07, 6.45) is 4.59. The van der Waals surface area contributed by atoms with Gasteiger partial charge in [0.1, 0.15) is 23.3 Å². The zero-order valence-corrected chi connectivity index (χ0v) is 18.0. The molecule has 10 nitrogen and oxygen atoms in total. The maximum atomic E-state index is 12.9. The van der Waals surface area contributed by atoms with Gasteiger partial charge in [0, 0.05) is 19.6 Å². The Morgan fingerprint density at radius 3 is 3.00 bits per heavy atom. The van der Waals surface area contributed by atoms with Crippen molar-refractivity contribution in [3.63, 3.8) is 0 Å². The molecule has 0 bridgehead atoms. The maximum absolute atomic E-state index is 12.9. The lowest BCUT2D eigenvalue weighted by Crippen LogP contribution is -2.43. The van der Waals surface area contributed by atoms with Crippen LogP contribution in [0.2, 0.25) is 0 Å². The summed E-state index contributed by atoms with van der Waals surface area (Å²) >= 11 is 1.25. The molecule has 0 saturated carbocycles. The second-order valence-electron chi connectivity index (χ2n) is 7.36. The Kier molecular flexibility index (Phi) is 6.31. The topological polar surface area (TPSA) is 122 Å². The Labute approximate surface area is 182 Å². The van der Waals surface area contributed by atoms with Gasteiger partial charge in [0.05, 0.1) is 18.7 Å². The van der Waals surface area contributed by atoms with Crippen LogP contribution in [0.3, 0.4) is 0 Å². The van der Waals surface area contributed by atoms with Gasteiger partial charge in [-0.1, -0.05) is 11.3 Å². The third kappa shape index (κ3) is 4.76. The van der Waals surface area contributed by atoms with Crippen LogP contribution < -0.4 is 21.1 Å². The van der Waals surface area contributed by atoms with Gasteiger partial charge in [-0.25, -0.2) is 4.98 Å². The molecule has 0 radical (unpaired) electrons. The molecular weight excluding hydrogens is 420 g/mol. The number of amides is 2. The lowest BCUT2D eigenvalue weighted by Gasteiger charge is -2.31. The highest BCUT2D eigenvalue weighted by atomic mass is 32.1. The average molecular weight is 445 g/mol. The number of thiazole rings is 1. The van der Waals surface area contributed by atoms with E-state index in [4.69, 9.17) is 4.42 Å². The molecule has 0 unspecified atom stereocenters. The number of hydrogen-bond acceptors (Lipinski definition) is 8. The zero-order chi connectivity index (χ0) is 21.8. The Balaban J connectivity index is 1.47.